The number of urea groups is 1. The third kappa shape index (κ3) is 4.59. The van der Waals surface area contributed by atoms with Crippen molar-refractivity contribution < 1.29 is 23.9 Å². The lowest BCUT2D eigenvalue weighted by Crippen LogP contribution is -2.53. The number of rotatable bonds is 7. The van der Waals surface area contributed by atoms with E-state index in [0.29, 0.717) is 17.1 Å². The average Bonchev–Trinajstić information content (AvgIpc) is 3.08. The van der Waals surface area contributed by atoms with Crippen molar-refractivity contribution in [2.45, 2.75) is 88.8 Å². The minimum Gasteiger partial charge on any atom is -0.493 e. The lowest BCUT2D eigenvalue weighted by Gasteiger charge is -2.42. The second-order valence-electron chi connectivity index (χ2n) is 9.90. The van der Waals surface area contributed by atoms with Crippen molar-refractivity contribution in [2.75, 3.05) is 20.8 Å². The molecular weight excluding hydrogens is 434 g/mol. The number of benzene rings is 1. The van der Waals surface area contributed by atoms with E-state index in [1.807, 2.05) is 4.90 Å². The summed E-state index contributed by atoms with van der Waals surface area (Å²) in [7, 11) is 3.06. The van der Waals surface area contributed by atoms with Crippen LogP contribution in [0.3, 0.4) is 0 Å². The highest BCUT2D eigenvalue weighted by molar-refractivity contribution is 6.09. The standard InChI is InChI=1S/C26H37N3O5/c1-26(18-14-15-21(33-2)22(16-18)34-3)24(31)28(25(32)27-26)17-23(30)29(19-10-6-4-7-11-19)20-12-8-5-9-13-20/h14-16,19-20H,4-13,17H2,1-3H3,(H,27,32)/t26-/m1/s1. The number of methoxy groups -OCH3 is 2. The number of carbonyl (C=O) groups is 3. The average molecular weight is 472 g/mol. The van der Waals surface area contributed by atoms with Crippen LogP contribution in [0.4, 0.5) is 4.79 Å². The van der Waals surface area contributed by atoms with E-state index in [9.17, 15) is 14.4 Å². The molecular formula is C26H37N3O5. The highest BCUT2D eigenvalue weighted by Gasteiger charge is 2.50. The predicted molar refractivity (Wildman–Crippen MR) is 128 cm³/mol. The molecule has 2 saturated carbocycles. The molecule has 0 bridgehead atoms. The zero-order valence-corrected chi connectivity index (χ0v) is 20.6. The smallest absolute Gasteiger partial charge is 0.325 e. The van der Waals surface area contributed by atoms with Gasteiger partial charge in [0.15, 0.2) is 11.5 Å². The number of nitrogens with one attached hydrogen (secondary N) is 1. The van der Waals surface area contributed by atoms with Gasteiger partial charge in [-0.15, -0.1) is 0 Å². The number of hydrogen-bond acceptors (Lipinski definition) is 5. The summed E-state index contributed by atoms with van der Waals surface area (Å²) in [4.78, 5) is 43.2. The molecule has 1 N–H and O–H groups in total. The van der Waals surface area contributed by atoms with Gasteiger partial charge >= 0.3 is 6.03 Å². The summed E-state index contributed by atoms with van der Waals surface area (Å²) in [5.41, 5.74) is -0.702. The van der Waals surface area contributed by atoms with Crippen LogP contribution in [0.1, 0.15) is 76.7 Å². The van der Waals surface area contributed by atoms with E-state index in [4.69, 9.17) is 9.47 Å². The van der Waals surface area contributed by atoms with Crippen molar-refractivity contribution in [3.8, 4) is 11.5 Å². The number of carbonyl (C=O) groups excluding carboxylic acids is 3. The first-order valence-electron chi connectivity index (χ1n) is 12.6. The van der Waals surface area contributed by atoms with Crippen LogP contribution in [0, 0.1) is 0 Å². The number of amides is 4. The molecule has 0 spiro atoms. The van der Waals surface area contributed by atoms with Crippen molar-refractivity contribution in [3.05, 3.63) is 23.8 Å². The molecule has 1 aromatic carbocycles. The van der Waals surface area contributed by atoms with Gasteiger partial charge in [0.05, 0.1) is 14.2 Å². The summed E-state index contributed by atoms with van der Waals surface area (Å²) in [6, 6.07) is 5.02. The molecule has 3 aliphatic rings. The molecule has 4 amide bonds. The van der Waals surface area contributed by atoms with Crippen LogP contribution in [-0.2, 0) is 15.1 Å². The Kier molecular flexibility index (Phi) is 7.33. The molecule has 4 rings (SSSR count). The van der Waals surface area contributed by atoms with E-state index >= 15 is 0 Å². The maximum Gasteiger partial charge on any atom is 0.325 e. The van der Waals surface area contributed by atoms with E-state index in [2.05, 4.69) is 5.32 Å². The van der Waals surface area contributed by atoms with Gasteiger partial charge in [0, 0.05) is 12.1 Å². The SMILES string of the molecule is COc1ccc([C@@]2(C)NC(=O)N(CC(=O)N(C3CCCCC3)C3CCCCC3)C2=O)cc1OC. The molecule has 0 unspecified atom stereocenters. The second-order valence-corrected chi connectivity index (χ2v) is 9.90. The Morgan fingerprint density at radius 2 is 1.53 bits per heavy atom. The van der Waals surface area contributed by atoms with Gasteiger partial charge < -0.3 is 19.7 Å². The predicted octanol–water partition coefficient (Wildman–Crippen LogP) is 3.96. The molecule has 1 heterocycles. The Hall–Kier alpha value is -2.77. The topological polar surface area (TPSA) is 88.2 Å². The molecule has 8 nitrogen and oxygen atoms in total. The molecule has 8 heteroatoms. The molecule has 2 aliphatic carbocycles. The lowest BCUT2D eigenvalue weighted by atomic mass is 9.88. The summed E-state index contributed by atoms with van der Waals surface area (Å²) in [5, 5.41) is 2.81. The Morgan fingerprint density at radius 3 is 2.06 bits per heavy atom. The first-order chi connectivity index (χ1) is 16.4. The maximum absolute atomic E-state index is 13.6. The van der Waals surface area contributed by atoms with Crippen molar-refractivity contribution in [1.29, 1.82) is 0 Å². The monoisotopic (exact) mass is 471 g/mol. The highest BCUT2D eigenvalue weighted by atomic mass is 16.5. The number of imide groups is 1. The molecule has 0 aromatic heterocycles. The number of hydrogen-bond donors (Lipinski definition) is 1. The third-order valence-electron chi connectivity index (χ3n) is 7.75. The molecule has 1 saturated heterocycles. The van der Waals surface area contributed by atoms with E-state index < -0.39 is 17.5 Å². The van der Waals surface area contributed by atoms with E-state index in [1.165, 1.54) is 20.0 Å². The first-order valence-corrected chi connectivity index (χ1v) is 12.6. The normalized spacial score (nSPS) is 24.1. The molecule has 3 fully saturated rings. The molecule has 34 heavy (non-hydrogen) atoms. The van der Waals surface area contributed by atoms with Gasteiger partial charge in [-0.2, -0.15) is 0 Å². The Morgan fingerprint density at radius 1 is 0.971 bits per heavy atom. The summed E-state index contributed by atoms with van der Waals surface area (Å²) in [5.74, 6) is 0.469. The minimum absolute atomic E-state index is 0.112. The van der Waals surface area contributed by atoms with Gasteiger partial charge in [0.1, 0.15) is 12.1 Å². The molecule has 1 aromatic rings. The first kappa shape index (κ1) is 24.4. The van der Waals surface area contributed by atoms with Crippen LogP contribution >= 0.6 is 0 Å². The van der Waals surface area contributed by atoms with Gasteiger partial charge in [-0.3, -0.25) is 14.5 Å². The summed E-state index contributed by atoms with van der Waals surface area (Å²) in [6.07, 6.45) is 10.9. The van der Waals surface area contributed by atoms with Gasteiger partial charge in [-0.1, -0.05) is 44.6 Å². The van der Waals surface area contributed by atoms with Crippen LogP contribution in [0.5, 0.6) is 11.5 Å². The Labute approximate surface area is 201 Å². The molecule has 0 radical (unpaired) electrons. The van der Waals surface area contributed by atoms with E-state index in [0.717, 1.165) is 56.3 Å². The van der Waals surface area contributed by atoms with Crippen LogP contribution < -0.4 is 14.8 Å². The largest absolute Gasteiger partial charge is 0.493 e. The van der Waals surface area contributed by atoms with Crippen LogP contribution in [0.2, 0.25) is 0 Å². The van der Waals surface area contributed by atoms with Gasteiger partial charge in [-0.25, -0.2) is 4.79 Å². The summed E-state index contributed by atoms with van der Waals surface area (Å²) < 4.78 is 10.7. The van der Waals surface area contributed by atoms with Crippen LogP contribution in [0.25, 0.3) is 0 Å². The quantitative estimate of drug-likeness (QED) is 0.608. The van der Waals surface area contributed by atoms with Crippen LogP contribution in [-0.4, -0.2) is 60.5 Å². The third-order valence-corrected chi connectivity index (χ3v) is 7.75. The molecule has 1 aliphatic heterocycles. The highest BCUT2D eigenvalue weighted by Crippen LogP contribution is 2.36. The number of nitrogens with zero attached hydrogens (tertiary/aromatic N) is 2. The second kappa shape index (κ2) is 10.2. The molecule has 186 valence electrons. The fourth-order valence-electron chi connectivity index (χ4n) is 5.82. The summed E-state index contributed by atoms with van der Waals surface area (Å²) in [6.45, 7) is 1.44. The zero-order valence-electron chi connectivity index (χ0n) is 20.6. The van der Waals surface area contributed by atoms with Crippen molar-refractivity contribution in [2.24, 2.45) is 0 Å². The summed E-state index contributed by atoms with van der Waals surface area (Å²) >= 11 is 0. The lowest BCUT2D eigenvalue weighted by molar-refractivity contribution is -0.143. The van der Waals surface area contributed by atoms with Crippen molar-refractivity contribution >= 4 is 17.8 Å². The Balaban J connectivity index is 1.55. The zero-order chi connectivity index (χ0) is 24.3. The minimum atomic E-state index is -1.28. The van der Waals surface area contributed by atoms with Crippen molar-refractivity contribution in [3.63, 3.8) is 0 Å². The van der Waals surface area contributed by atoms with E-state index in [-0.39, 0.29) is 24.5 Å². The fourth-order valence-corrected chi connectivity index (χ4v) is 5.82. The van der Waals surface area contributed by atoms with Gasteiger partial charge in [0.2, 0.25) is 5.91 Å². The van der Waals surface area contributed by atoms with Crippen molar-refractivity contribution in [1.82, 2.24) is 15.1 Å². The van der Waals surface area contributed by atoms with Gasteiger partial charge in [-0.05, 0) is 50.3 Å². The number of ether oxygens (including phenoxy) is 2. The maximum atomic E-state index is 13.6. The molecule has 1 atom stereocenters. The van der Waals surface area contributed by atoms with Crippen LogP contribution in [0.15, 0.2) is 18.2 Å². The van der Waals surface area contributed by atoms with E-state index in [1.54, 1.807) is 32.2 Å². The Bertz CT molecular complexity index is 905. The van der Waals surface area contributed by atoms with Gasteiger partial charge in [0.25, 0.3) is 5.91 Å². The fraction of sp³-hybridized carbons (Fsp3) is 0.654.